The Kier molecular flexibility index (Phi) is 5.93. The molecule has 2 aliphatic rings. The molecule has 0 spiro atoms. The van der Waals surface area contributed by atoms with Crippen molar-refractivity contribution in [3.05, 3.63) is 0 Å². The van der Waals surface area contributed by atoms with E-state index in [1.165, 1.54) is 38.5 Å². The first-order valence-corrected chi connectivity index (χ1v) is 7.84. The van der Waals surface area contributed by atoms with Crippen LogP contribution in [-0.2, 0) is 0 Å². The second-order valence-corrected chi connectivity index (χ2v) is 6.22. The summed E-state index contributed by atoms with van der Waals surface area (Å²) in [5, 5.41) is 23.3. The molecular formula is C15H29NO2. The Hall–Kier alpha value is -0.120. The summed E-state index contributed by atoms with van der Waals surface area (Å²) in [5.41, 5.74) is 0. The molecule has 0 radical (unpaired) electrons. The van der Waals surface area contributed by atoms with E-state index in [-0.39, 0.29) is 12.2 Å². The van der Waals surface area contributed by atoms with Crippen LogP contribution < -0.4 is 5.32 Å². The van der Waals surface area contributed by atoms with Crippen molar-refractivity contribution in [2.75, 3.05) is 13.1 Å². The maximum atomic E-state index is 9.89. The number of aliphatic hydroxyl groups is 2. The molecule has 106 valence electrons. The van der Waals surface area contributed by atoms with Gasteiger partial charge in [-0.1, -0.05) is 25.7 Å². The summed E-state index contributed by atoms with van der Waals surface area (Å²) in [6, 6.07) is 0. The molecule has 0 amide bonds. The van der Waals surface area contributed by atoms with Gasteiger partial charge in [0.15, 0.2) is 0 Å². The maximum absolute atomic E-state index is 9.89. The summed E-state index contributed by atoms with van der Waals surface area (Å²) in [5.74, 6) is 0.956. The van der Waals surface area contributed by atoms with Crippen LogP contribution in [0.1, 0.15) is 57.8 Å². The summed E-state index contributed by atoms with van der Waals surface area (Å²) < 4.78 is 0. The average molecular weight is 255 g/mol. The lowest BCUT2D eigenvalue weighted by Gasteiger charge is -2.29. The van der Waals surface area contributed by atoms with E-state index in [2.05, 4.69) is 5.32 Å². The van der Waals surface area contributed by atoms with Gasteiger partial charge in [0.25, 0.3) is 0 Å². The van der Waals surface area contributed by atoms with Gasteiger partial charge in [-0.05, 0) is 50.5 Å². The van der Waals surface area contributed by atoms with E-state index in [1.807, 2.05) is 0 Å². The van der Waals surface area contributed by atoms with Gasteiger partial charge < -0.3 is 15.5 Å². The van der Waals surface area contributed by atoms with Gasteiger partial charge in [-0.25, -0.2) is 0 Å². The van der Waals surface area contributed by atoms with Crippen LogP contribution in [0.2, 0.25) is 0 Å². The second kappa shape index (κ2) is 7.46. The van der Waals surface area contributed by atoms with E-state index in [9.17, 15) is 10.2 Å². The smallest absolute Gasteiger partial charge is 0.0580 e. The van der Waals surface area contributed by atoms with Crippen molar-refractivity contribution in [3.63, 3.8) is 0 Å². The van der Waals surface area contributed by atoms with Crippen molar-refractivity contribution in [2.45, 2.75) is 70.0 Å². The molecule has 2 rings (SSSR count). The Morgan fingerprint density at radius 1 is 0.778 bits per heavy atom. The van der Waals surface area contributed by atoms with Crippen molar-refractivity contribution in [3.8, 4) is 0 Å². The molecule has 2 saturated carbocycles. The Morgan fingerprint density at radius 2 is 1.33 bits per heavy atom. The minimum Gasteiger partial charge on any atom is -0.393 e. The molecule has 4 unspecified atom stereocenters. The lowest BCUT2D eigenvalue weighted by Crippen LogP contribution is -2.35. The van der Waals surface area contributed by atoms with E-state index >= 15 is 0 Å². The van der Waals surface area contributed by atoms with Gasteiger partial charge in [0.2, 0.25) is 0 Å². The van der Waals surface area contributed by atoms with Gasteiger partial charge in [-0.15, -0.1) is 0 Å². The van der Waals surface area contributed by atoms with Gasteiger partial charge in [0, 0.05) is 6.54 Å². The third-order valence-corrected chi connectivity index (χ3v) is 4.84. The Labute approximate surface area is 111 Å². The predicted octanol–water partition coefficient (Wildman–Crippen LogP) is 2.07. The molecule has 4 atom stereocenters. The third kappa shape index (κ3) is 4.22. The van der Waals surface area contributed by atoms with Gasteiger partial charge in [0.05, 0.1) is 12.2 Å². The summed E-state index contributed by atoms with van der Waals surface area (Å²) in [7, 11) is 0. The third-order valence-electron chi connectivity index (χ3n) is 4.84. The normalized spacial score (nSPS) is 37.7. The lowest BCUT2D eigenvalue weighted by atomic mass is 9.84. The number of nitrogens with one attached hydrogen (secondary N) is 1. The number of rotatable bonds is 5. The minimum atomic E-state index is -0.0912. The number of aliphatic hydroxyl groups excluding tert-OH is 2. The quantitative estimate of drug-likeness (QED) is 0.659. The second-order valence-electron chi connectivity index (χ2n) is 6.22. The fourth-order valence-corrected chi connectivity index (χ4v) is 3.53. The fraction of sp³-hybridized carbons (Fsp3) is 1.00. The van der Waals surface area contributed by atoms with E-state index in [1.54, 1.807) is 0 Å². The van der Waals surface area contributed by atoms with Crippen molar-refractivity contribution in [1.29, 1.82) is 0 Å². The molecule has 0 aliphatic heterocycles. The molecule has 3 nitrogen and oxygen atoms in total. The van der Waals surface area contributed by atoms with Crippen molar-refractivity contribution < 1.29 is 10.2 Å². The van der Waals surface area contributed by atoms with Gasteiger partial charge in [-0.3, -0.25) is 0 Å². The Morgan fingerprint density at radius 3 is 1.94 bits per heavy atom. The summed E-state index contributed by atoms with van der Waals surface area (Å²) in [6.45, 7) is 1.94. The Bertz CT molecular complexity index is 211. The number of hydrogen-bond donors (Lipinski definition) is 3. The molecule has 2 aliphatic carbocycles. The molecule has 2 fully saturated rings. The van der Waals surface area contributed by atoms with E-state index < -0.39 is 0 Å². The van der Waals surface area contributed by atoms with Crippen LogP contribution in [0.4, 0.5) is 0 Å². The highest BCUT2D eigenvalue weighted by Crippen LogP contribution is 2.27. The number of hydrogen-bond acceptors (Lipinski definition) is 3. The Balaban J connectivity index is 1.57. The van der Waals surface area contributed by atoms with Crippen molar-refractivity contribution in [2.24, 2.45) is 11.8 Å². The molecule has 3 N–H and O–H groups in total. The van der Waals surface area contributed by atoms with Crippen molar-refractivity contribution in [1.82, 2.24) is 5.32 Å². The monoisotopic (exact) mass is 255 g/mol. The van der Waals surface area contributed by atoms with Crippen LogP contribution >= 0.6 is 0 Å². The maximum Gasteiger partial charge on any atom is 0.0580 e. The van der Waals surface area contributed by atoms with Crippen LogP contribution in [0.15, 0.2) is 0 Å². The largest absolute Gasteiger partial charge is 0.393 e. The van der Waals surface area contributed by atoms with Crippen molar-refractivity contribution >= 4 is 0 Å². The first-order valence-electron chi connectivity index (χ1n) is 7.84. The van der Waals surface area contributed by atoms with Crippen LogP contribution in [0.25, 0.3) is 0 Å². The fourth-order valence-electron chi connectivity index (χ4n) is 3.53. The molecule has 0 heterocycles. The molecule has 0 bridgehead atoms. The zero-order valence-corrected chi connectivity index (χ0v) is 11.5. The van der Waals surface area contributed by atoms with E-state index in [4.69, 9.17) is 0 Å². The average Bonchev–Trinajstić information content (AvgIpc) is 2.38. The molecule has 18 heavy (non-hydrogen) atoms. The molecule has 0 aromatic carbocycles. The zero-order valence-electron chi connectivity index (χ0n) is 11.5. The zero-order chi connectivity index (χ0) is 12.8. The van der Waals surface area contributed by atoms with Crippen LogP contribution in [0.5, 0.6) is 0 Å². The van der Waals surface area contributed by atoms with Gasteiger partial charge in [-0.2, -0.15) is 0 Å². The first kappa shape index (κ1) is 14.3. The van der Waals surface area contributed by atoms with Gasteiger partial charge in [0.1, 0.15) is 0 Å². The van der Waals surface area contributed by atoms with Crippen LogP contribution in [0, 0.1) is 11.8 Å². The van der Waals surface area contributed by atoms with E-state index in [0.717, 1.165) is 32.4 Å². The van der Waals surface area contributed by atoms with Crippen LogP contribution in [-0.4, -0.2) is 35.5 Å². The lowest BCUT2D eigenvalue weighted by molar-refractivity contribution is 0.0600. The standard InChI is InChI=1S/C15H29NO2/c17-14-7-3-1-5-12(14)9-10-16-11-13-6-2-4-8-15(13)18/h12-18H,1-11H2. The van der Waals surface area contributed by atoms with Crippen LogP contribution in [0.3, 0.4) is 0 Å². The van der Waals surface area contributed by atoms with E-state index in [0.29, 0.717) is 11.8 Å². The molecule has 0 aromatic heterocycles. The summed E-state index contributed by atoms with van der Waals surface area (Å²) in [6.07, 6.45) is 10.2. The summed E-state index contributed by atoms with van der Waals surface area (Å²) in [4.78, 5) is 0. The SMILES string of the molecule is OC1CCCCC1CCNCC1CCCCC1O. The molecule has 3 heteroatoms. The topological polar surface area (TPSA) is 52.5 Å². The first-order chi connectivity index (χ1) is 8.77. The summed E-state index contributed by atoms with van der Waals surface area (Å²) >= 11 is 0. The highest BCUT2D eigenvalue weighted by Gasteiger charge is 2.24. The van der Waals surface area contributed by atoms with Gasteiger partial charge >= 0.3 is 0 Å². The molecule has 0 saturated heterocycles. The predicted molar refractivity (Wildman–Crippen MR) is 73.4 cm³/mol. The minimum absolute atomic E-state index is 0.0687. The molecule has 0 aromatic rings. The highest BCUT2D eigenvalue weighted by molar-refractivity contribution is 4.78. The molecular weight excluding hydrogens is 226 g/mol. The highest BCUT2D eigenvalue weighted by atomic mass is 16.3.